The average molecular weight is 248 g/mol. The third-order valence-electron chi connectivity index (χ3n) is 1.75. The highest BCUT2D eigenvalue weighted by Gasteiger charge is 2.09. The lowest BCUT2D eigenvalue weighted by molar-refractivity contribution is 1.01. The van der Waals surface area contributed by atoms with Crippen LogP contribution in [0.2, 0.25) is 15.2 Å². The number of pyridine rings is 1. The maximum atomic E-state index is 5.95. The number of aromatic nitrogens is 2. The third kappa shape index (κ3) is 1.61. The smallest absolute Gasteiger partial charge is 0.156 e. The fraction of sp³-hybridized carbons (Fsp3) is 0. The van der Waals surface area contributed by atoms with Crippen LogP contribution in [-0.4, -0.2) is 9.55 Å². The summed E-state index contributed by atoms with van der Waals surface area (Å²) in [7, 11) is 0. The molecular formula is C9H5Cl3N2. The van der Waals surface area contributed by atoms with Crippen molar-refractivity contribution in [3.63, 3.8) is 0 Å². The fourth-order valence-corrected chi connectivity index (χ4v) is 1.67. The Morgan fingerprint density at radius 2 is 1.86 bits per heavy atom. The highest BCUT2D eigenvalue weighted by molar-refractivity contribution is 6.41. The minimum Gasteiger partial charge on any atom is -0.289 e. The van der Waals surface area contributed by atoms with Crippen molar-refractivity contribution < 1.29 is 0 Å². The molecule has 0 saturated heterocycles. The molecule has 0 bridgehead atoms. The van der Waals surface area contributed by atoms with Crippen molar-refractivity contribution >= 4 is 34.8 Å². The summed E-state index contributed by atoms with van der Waals surface area (Å²) in [6.07, 6.45) is 3.37. The molecule has 14 heavy (non-hydrogen) atoms. The lowest BCUT2D eigenvalue weighted by atomic mass is 10.4. The molecule has 2 rings (SSSR count). The fourth-order valence-electron chi connectivity index (χ4n) is 1.11. The predicted octanol–water partition coefficient (Wildman–Crippen LogP) is 3.83. The van der Waals surface area contributed by atoms with Gasteiger partial charge < -0.3 is 0 Å². The highest BCUT2D eigenvalue weighted by atomic mass is 35.5. The standard InChI is InChI=1S/C9H5Cl3N2/c10-6-3-5-14(8(6)12)9-7(11)2-1-4-13-9/h1-5H. The first-order chi connectivity index (χ1) is 6.70. The van der Waals surface area contributed by atoms with Gasteiger partial charge in [-0.3, -0.25) is 4.57 Å². The van der Waals surface area contributed by atoms with Gasteiger partial charge in [-0.05, 0) is 18.2 Å². The second-order valence-corrected chi connectivity index (χ2v) is 3.81. The molecule has 72 valence electrons. The van der Waals surface area contributed by atoms with Gasteiger partial charge in [0.25, 0.3) is 0 Å². The topological polar surface area (TPSA) is 17.8 Å². The van der Waals surface area contributed by atoms with E-state index in [4.69, 9.17) is 34.8 Å². The van der Waals surface area contributed by atoms with Gasteiger partial charge in [0, 0.05) is 12.4 Å². The van der Waals surface area contributed by atoms with E-state index in [9.17, 15) is 0 Å². The molecule has 0 fully saturated rings. The molecule has 0 N–H and O–H groups in total. The van der Waals surface area contributed by atoms with Gasteiger partial charge >= 0.3 is 0 Å². The zero-order chi connectivity index (χ0) is 10.1. The quantitative estimate of drug-likeness (QED) is 0.749. The normalized spacial score (nSPS) is 10.5. The maximum Gasteiger partial charge on any atom is 0.156 e. The van der Waals surface area contributed by atoms with E-state index in [1.54, 1.807) is 35.2 Å². The summed E-state index contributed by atoms with van der Waals surface area (Å²) in [5.74, 6) is 0.575. The second-order valence-electron chi connectivity index (χ2n) is 2.63. The van der Waals surface area contributed by atoms with Crippen LogP contribution in [0, 0.1) is 0 Å². The molecule has 0 aliphatic heterocycles. The number of hydrogen-bond donors (Lipinski definition) is 0. The van der Waals surface area contributed by atoms with Gasteiger partial charge in [-0.2, -0.15) is 0 Å². The van der Waals surface area contributed by atoms with Crippen molar-refractivity contribution in [1.29, 1.82) is 0 Å². The Labute approximate surface area is 96.0 Å². The second kappa shape index (κ2) is 3.81. The molecule has 0 saturated carbocycles. The number of nitrogens with zero attached hydrogens (tertiary/aromatic N) is 2. The monoisotopic (exact) mass is 246 g/mol. The van der Waals surface area contributed by atoms with E-state index in [1.807, 2.05) is 0 Å². The lowest BCUT2D eigenvalue weighted by Crippen LogP contribution is -1.95. The summed E-state index contributed by atoms with van der Waals surface area (Å²) in [5, 5.41) is 1.42. The Morgan fingerprint density at radius 3 is 2.43 bits per heavy atom. The van der Waals surface area contributed by atoms with Gasteiger partial charge in [0.2, 0.25) is 0 Å². The SMILES string of the molecule is Clc1cccnc1-n1ccc(Cl)c1Cl. The zero-order valence-electron chi connectivity index (χ0n) is 6.92. The molecule has 0 atom stereocenters. The van der Waals surface area contributed by atoms with Crippen LogP contribution in [0.15, 0.2) is 30.6 Å². The van der Waals surface area contributed by atoms with Crippen LogP contribution in [0.5, 0.6) is 0 Å². The predicted molar refractivity (Wildman–Crippen MR) is 58.6 cm³/mol. The van der Waals surface area contributed by atoms with E-state index in [2.05, 4.69) is 4.98 Å². The molecule has 2 aromatic heterocycles. The van der Waals surface area contributed by atoms with Crippen LogP contribution in [0.1, 0.15) is 0 Å². The summed E-state index contributed by atoms with van der Waals surface area (Å²) >= 11 is 17.7. The van der Waals surface area contributed by atoms with Gasteiger partial charge in [0.05, 0.1) is 10.0 Å². The Hall–Kier alpha value is -0.700. The van der Waals surface area contributed by atoms with E-state index < -0.39 is 0 Å². The van der Waals surface area contributed by atoms with Gasteiger partial charge in [-0.1, -0.05) is 34.8 Å². The van der Waals surface area contributed by atoms with Crippen molar-refractivity contribution in [2.24, 2.45) is 0 Å². The van der Waals surface area contributed by atoms with Crippen molar-refractivity contribution in [2.75, 3.05) is 0 Å². The Balaban J connectivity index is 2.60. The van der Waals surface area contributed by atoms with E-state index in [0.29, 0.717) is 21.0 Å². The van der Waals surface area contributed by atoms with E-state index in [0.717, 1.165) is 0 Å². The lowest BCUT2D eigenvalue weighted by Gasteiger charge is -2.04. The zero-order valence-corrected chi connectivity index (χ0v) is 9.18. The van der Waals surface area contributed by atoms with Crippen LogP contribution in [0.3, 0.4) is 0 Å². The molecule has 0 aromatic carbocycles. The van der Waals surface area contributed by atoms with Crippen molar-refractivity contribution in [3.8, 4) is 5.82 Å². The van der Waals surface area contributed by atoms with Crippen molar-refractivity contribution in [2.45, 2.75) is 0 Å². The van der Waals surface area contributed by atoms with Gasteiger partial charge in [0.1, 0.15) is 5.15 Å². The Morgan fingerprint density at radius 1 is 1.07 bits per heavy atom. The minimum atomic E-state index is 0.410. The molecule has 2 nitrogen and oxygen atoms in total. The molecular weight excluding hydrogens is 242 g/mol. The van der Waals surface area contributed by atoms with E-state index in [-0.39, 0.29) is 0 Å². The van der Waals surface area contributed by atoms with Crippen LogP contribution >= 0.6 is 34.8 Å². The molecule has 2 aromatic rings. The molecule has 0 spiro atoms. The molecule has 0 radical (unpaired) electrons. The minimum absolute atomic E-state index is 0.410. The van der Waals surface area contributed by atoms with E-state index in [1.165, 1.54) is 0 Å². The molecule has 0 aliphatic carbocycles. The molecule has 5 heteroatoms. The Kier molecular flexibility index (Phi) is 2.68. The summed E-state index contributed by atoms with van der Waals surface area (Å²) in [6, 6.07) is 5.19. The largest absolute Gasteiger partial charge is 0.289 e. The summed E-state index contributed by atoms with van der Waals surface area (Å²) in [4.78, 5) is 4.11. The van der Waals surface area contributed by atoms with Crippen LogP contribution in [0.4, 0.5) is 0 Å². The summed E-state index contributed by atoms with van der Waals surface area (Å²) in [6.45, 7) is 0. The average Bonchev–Trinajstić information content (AvgIpc) is 2.49. The van der Waals surface area contributed by atoms with Gasteiger partial charge in [-0.25, -0.2) is 4.98 Å². The summed E-state index contributed by atoms with van der Waals surface area (Å²) < 4.78 is 1.63. The van der Waals surface area contributed by atoms with Gasteiger partial charge in [0.15, 0.2) is 5.82 Å². The van der Waals surface area contributed by atoms with Crippen LogP contribution < -0.4 is 0 Å². The molecule has 0 aliphatic rings. The van der Waals surface area contributed by atoms with E-state index >= 15 is 0 Å². The first kappa shape index (κ1) is 9.84. The Bertz CT molecular complexity index is 465. The number of halogens is 3. The molecule has 2 heterocycles. The van der Waals surface area contributed by atoms with Gasteiger partial charge in [-0.15, -0.1) is 0 Å². The molecule has 0 unspecified atom stereocenters. The van der Waals surface area contributed by atoms with Crippen molar-refractivity contribution in [1.82, 2.24) is 9.55 Å². The van der Waals surface area contributed by atoms with Crippen LogP contribution in [0.25, 0.3) is 5.82 Å². The highest BCUT2D eigenvalue weighted by Crippen LogP contribution is 2.28. The molecule has 0 amide bonds. The van der Waals surface area contributed by atoms with Crippen molar-refractivity contribution in [3.05, 3.63) is 45.8 Å². The maximum absolute atomic E-state index is 5.95. The number of hydrogen-bond acceptors (Lipinski definition) is 1. The first-order valence-electron chi connectivity index (χ1n) is 3.83. The summed E-state index contributed by atoms with van der Waals surface area (Å²) in [5.41, 5.74) is 0. The number of rotatable bonds is 1. The third-order valence-corrected chi connectivity index (χ3v) is 2.83. The first-order valence-corrected chi connectivity index (χ1v) is 4.97. The van der Waals surface area contributed by atoms with Crippen LogP contribution in [-0.2, 0) is 0 Å².